The molecule has 0 atom stereocenters. The van der Waals surface area contributed by atoms with Crippen molar-refractivity contribution in [1.82, 2.24) is 19.5 Å². The van der Waals surface area contributed by atoms with Crippen molar-refractivity contribution >= 4 is 17.0 Å². The van der Waals surface area contributed by atoms with Gasteiger partial charge in [0.2, 0.25) is 5.82 Å². The van der Waals surface area contributed by atoms with E-state index in [0.29, 0.717) is 12.4 Å². The lowest BCUT2D eigenvalue weighted by molar-refractivity contribution is -0.541. The van der Waals surface area contributed by atoms with E-state index in [1.807, 2.05) is 41.2 Å². The van der Waals surface area contributed by atoms with E-state index in [0.717, 1.165) is 28.3 Å². The number of imidazole rings is 1. The van der Waals surface area contributed by atoms with Crippen molar-refractivity contribution in [2.75, 3.05) is 14.2 Å². The van der Waals surface area contributed by atoms with Gasteiger partial charge in [-0.2, -0.15) is 4.98 Å². The number of halogens is 1. The van der Waals surface area contributed by atoms with Gasteiger partial charge in [0.1, 0.15) is 5.75 Å². The van der Waals surface area contributed by atoms with Crippen LogP contribution in [0, 0.1) is 11.8 Å². The average Bonchev–Trinajstić information content (AvgIpc) is 2.98. The molecule has 0 amide bonds. The van der Waals surface area contributed by atoms with Crippen LogP contribution in [0.2, 0.25) is 0 Å². The van der Waals surface area contributed by atoms with E-state index < -0.39 is 0 Å². The summed E-state index contributed by atoms with van der Waals surface area (Å²) in [4.78, 5) is 13.4. The third kappa shape index (κ3) is 3.32. The Balaban J connectivity index is 0.00000208. The second-order valence-electron chi connectivity index (χ2n) is 4.95. The van der Waals surface area contributed by atoms with Crippen LogP contribution in [-0.2, 0) is 6.54 Å². The molecule has 0 bridgehead atoms. The Kier molecular flexibility index (Phi) is 5.74. The largest absolute Gasteiger partial charge is 1.00 e. The molecule has 0 saturated heterocycles. The molecule has 24 heavy (non-hydrogen) atoms. The van der Waals surface area contributed by atoms with Crippen LogP contribution in [0.1, 0.15) is 18.3 Å². The van der Waals surface area contributed by atoms with Crippen LogP contribution in [0.5, 0.6) is 5.75 Å². The van der Waals surface area contributed by atoms with E-state index in [4.69, 9.17) is 4.74 Å². The average molecular weight is 344 g/mol. The summed E-state index contributed by atoms with van der Waals surface area (Å²) in [6.45, 7) is 2.40. The normalized spacial score (nSPS) is 9.96. The van der Waals surface area contributed by atoms with Crippen molar-refractivity contribution in [1.29, 1.82) is 0 Å². The van der Waals surface area contributed by atoms with Crippen LogP contribution >= 0.6 is 0 Å². The van der Waals surface area contributed by atoms with Crippen molar-refractivity contribution < 1.29 is 22.5 Å². The number of methoxy groups -OCH3 is 1. The van der Waals surface area contributed by atoms with Gasteiger partial charge < -0.3 is 21.7 Å². The molecule has 2 heterocycles. The van der Waals surface area contributed by atoms with E-state index in [-0.39, 0.29) is 12.4 Å². The number of hydrogen-bond donors (Lipinski definition) is 1. The van der Waals surface area contributed by atoms with E-state index in [1.165, 1.54) is 0 Å². The molecule has 2 aromatic heterocycles. The molecule has 0 unspecified atom stereocenters. The number of nitrogens with two attached hydrogens (primary N) is 1. The molecule has 0 saturated carbocycles. The van der Waals surface area contributed by atoms with Crippen LogP contribution in [0.4, 0.5) is 5.82 Å². The van der Waals surface area contributed by atoms with Gasteiger partial charge in [-0.1, -0.05) is 24.1 Å². The Labute approximate surface area is 146 Å². The van der Waals surface area contributed by atoms with Gasteiger partial charge >= 0.3 is 0 Å². The molecule has 7 heteroatoms. The Bertz CT molecular complexity index is 910. The molecule has 3 rings (SSSR count). The van der Waals surface area contributed by atoms with Crippen molar-refractivity contribution in [3.05, 3.63) is 42.0 Å². The van der Waals surface area contributed by atoms with Gasteiger partial charge in [0, 0.05) is 5.56 Å². The predicted molar refractivity (Wildman–Crippen MR) is 87.5 cm³/mol. The Morgan fingerprint density at radius 2 is 2.04 bits per heavy atom. The minimum absolute atomic E-state index is 0. The number of benzene rings is 1. The summed E-state index contributed by atoms with van der Waals surface area (Å²) < 4.78 is 7.41. The van der Waals surface area contributed by atoms with Crippen LogP contribution < -0.4 is 22.5 Å². The second-order valence-corrected chi connectivity index (χ2v) is 4.95. The molecule has 2 N–H and O–H groups in total. The van der Waals surface area contributed by atoms with Crippen LogP contribution in [0.3, 0.4) is 0 Å². The molecular weight excluding hydrogens is 326 g/mol. The third-order valence-electron chi connectivity index (χ3n) is 3.53. The minimum atomic E-state index is 0. The van der Waals surface area contributed by atoms with Gasteiger partial charge in [-0.05, 0) is 18.9 Å². The van der Waals surface area contributed by atoms with Gasteiger partial charge in [-0.25, -0.2) is 9.97 Å². The number of nitrogens with zero attached hydrogens (tertiary/aromatic N) is 4. The number of rotatable bonds is 4. The quantitative estimate of drug-likeness (QED) is 0.561. The topological polar surface area (TPSA) is 69.4 Å². The summed E-state index contributed by atoms with van der Waals surface area (Å²) in [5.74, 6) is 7.91. The highest BCUT2D eigenvalue weighted by Gasteiger charge is 2.15. The van der Waals surface area contributed by atoms with Crippen LogP contribution in [0.15, 0.2) is 30.6 Å². The van der Waals surface area contributed by atoms with E-state index >= 15 is 0 Å². The molecule has 0 aliphatic rings. The van der Waals surface area contributed by atoms with Crippen molar-refractivity contribution in [3.63, 3.8) is 0 Å². The summed E-state index contributed by atoms with van der Waals surface area (Å²) >= 11 is 0. The second kappa shape index (κ2) is 7.77. The minimum Gasteiger partial charge on any atom is -1.00 e. The predicted octanol–water partition coefficient (Wildman–Crippen LogP) is -1.92. The first-order valence-corrected chi connectivity index (χ1v) is 7.33. The maximum Gasteiger partial charge on any atom is 0.256 e. The highest BCUT2D eigenvalue weighted by Crippen LogP contribution is 2.21. The molecule has 0 aliphatic carbocycles. The van der Waals surface area contributed by atoms with Gasteiger partial charge in [-0.3, -0.25) is 5.32 Å². The fourth-order valence-corrected chi connectivity index (χ4v) is 2.47. The number of hydrogen-bond acceptors (Lipinski definition) is 4. The van der Waals surface area contributed by atoms with Crippen molar-refractivity contribution in [2.24, 2.45) is 0 Å². The third-order valence-corrected chi connectivity index (χ3v) is 3.53. The summed E-state index contributed by atoms with van der Waals surface area (Å²) in [6.07, 6.45) is 1.78. The van der Waals surface area contributed by atoms with Gasteiger partial charge in [-0.15, -0.1) is 0 Å². The summed E-state index contributed by atoms with van der Waals surface area (Å²) in [6, 6.07) is 7.93. The zero-order chi connectivity index (χ0) is 16.2. The maximum atomic E-state index is 5.42. The summed E-state index contributed by atoms with van der Waals surface area (Å²) in [7, 11) is 3.61. The summed E-state index contributed by atoms with van der Waals surface area (Å²) in [5, 5.41) is 1.92. The van der Waals surface area contributed by atoms with Gasteiger partial charge in [0.15, 0.2) is 11.2 Å². The molecule has 0 fully saturated rings. The van der Waals surface area contributed by atoms with Gasteiger partial charge in [0.25, 0.3) is 5.82 Å². The monoisotopic (exact) mass is 343 g/mol. The number of aromatic nitrogens is 4. The number of ether oxygens (including phenoxy) is 1. The molecule has 0 spiro atoms. The number of fused-ring (bicyclic) bond motifs is 1. The Hall–Kier alpha value is -2.62. The smallest absolute Gasteiger partial charge is 0.256 e. The van der Waals surface area contributed by atoms with Crippen molar-refractivity contribution in [2.45, 2.75) is 13.5 Å². The summed E-state index contributed by atoms with van der Waals surface area (Å²) in [5.41, 5.74) is 2.62. The van der Waals surface area contributed by atoms with E-state index in [2.05, 4.69) is 26.8 Å². The SMILES string of the molecule is CC#Cc1nc([NH2+]C)c2ncn(Cc3ccccc3OC)c2n1.[Cl-]. The standard InChI is InChI=1S/C17H17N5O.ClH/c1-4-7-14-20-16(18-2)15-17(21-14)22(11-19-15)10-12-8-5-6-9-13(12)23-3;/h5-6,8-9,11H,10H2,1-3H3,(H,18,20,21);1H. The molecule has 0 radical (unpaired) electrons. The van der Waals surface area contributed by atoms with Crippen LogP contribution in [-0.4, -0.2) is 33.7 Å². The zero-order valence-electron chi connectivity index (χ0n) is 13.7. The first-order valence-electron chi connectivity index (χ1n) is 7.33. The highest BCUT2D eigenvalue weighted by atomic mass is 35.5. The first kappa shape index (κ1) is 17.7. The lowest BCUT2D eigenvalue weighted by Crippen LogP contribution is -3.00. The molecule has 0 aliphatic heterocycles. The van der Waals surface area contributed by atoms with Crippen molar-refractivity contribution in [3.8, 4) is 17.6 Å². The van der Waals surface area contributed by atoms with Gasteiger partial charge in [0.05, 0.1) is 27.0 Å². The zero-order valence-corrected chi connectivity index (χ0v) is 14.5. The first-order chi connectivity index (χ1) is 11.3. The Morgan fingerprint density at radius 1 is 1.25 bits per heavy atom. The highest BCUT2D eigenvalue weighted by molar-refractivity contribution is 5.79. The molecular formula is C17H18ClN5O. The van der Waals surface area contributed by atoms with E-state index in [9.17, 15) is 0 Å². The fraction of sp³-hybridized carbons (Fsp3) is 0.235. The molecule has 1 aromatic carbocycles. The maximum absolute atomic E-state index is 5.42. The van der Waals surface area contributed by atoms with E-state index in [1.54, 1.807) is 20.4 Å². The fourth-order valence-electron chi connectivity index (χ4n) is 2.47. The number of quaternary nitrogens is 1. The Morgan fingerprint density at radius 3 is 2.75 bits per heavy atom. The molecule has 124 valence electrons. The number of para-hydroxylation sites is 1. The molecule has 6 nitrogen and oxygen atoms in total. The lowest BCUT2D eigenvalue weighted by atomic mass is 10.2. The molecule has 3 aromatic rings. The lowest BCUT2D eigenvalue weighted by Gasteiger charge is -2.09. The van der Waals surface area contributed by atoms with Crippen LogP contribution in [0.25, 0.3) is 11.2 Å².